The molecule has 0 fully saturated rings. The zero-order chi connectivity index (χ0) is 15.8. The zero-order valence-corrected chi connectivity index (χ0v) is 12.9. The first-order chi connectivity index (χ1) is 10.6. The molecule has 0 saturated heterocycles. The van der Waals surface area contributed by atoms with Gasteiger partial charge in [0.25, 0.3) is 0 Å². The lowest BCUT2D eigenvalue weighted by Gasteiger charge is -2.11. The Kier molecular flexibility index (Phi) is 5.91. The molecule has 1 amide bonds. The summed E-state index contributed by atoms with van der Waals surface area (Å²) in [5, 5.41) is 5.89. The van der Waals surface area contributed by atoms with E-state index in [4.69, 9.17) is 4.74 Å². The van der Waals surface area contributed by atoms with Crippen molar-refractivity contribution in [3.05, 3.63) is 54.4 Å². The maximum atomic E-state index is 11.8. The first kappa shape index (κ1) is 16.0. The Hall–Kier alpha value is -2.40. The van der Waals surface area contributed by atoms with Crippen LogP contribution in [0.5, 0.6) is 5.75 Å². The molecule has 2 N–H and O–H groups in total. The van der Waals surface area contributed by atoms with Crippen molar-refractivity contribution in [2.75, 3.05) is 11.9 Å². The van der Waals surface area contributed by atoms with Gasteiger partial charge in [0.15, 0.2) is 0 Å². The fourth-order valence-corrected chi connectivity index (χ4v) is 1.90. The van der Waals surface area contributed by atoms with E-state index in [0.29, 0.717) is 6.54 Å². The predicted octanol–water partition coefficient (Wildman–Crippen LogP) is 2.60. The summed E-state index contributed by atoms with van der Waals surface area (Å²) in [6, 6.07) is 13.0. The Morgan fingerprint density at radius 2 is 1.95 bits per heavy atom. The molecular formula is C17H21N3O2. The molecule has 116 valence electrons. The Labute approximate surface area is 130 Å². The SMILES string of the molecule is CC(C)Oc1ccc(NC(=O)CNCc2ccccn2)cc1. The first-order valence-corrected chi connectivity index (χ1v) is 7.30. The Morgan fingerprint density at radius 3 is 2.59 bits per heavy atom. The van der Waals surface area contributed by atoms with Crippen LogP contribution in [-0.2, 0) is 11.3 Å². The number of anilines is 1. The van der Waals surface area contributed by atoms with Crippen molar-refractivity contribution in [1.29, 1.82) is 0 Å². The summed E-state index contributed by atoms with van der Waals surface area (Å²) in [6.45, 7) is 4.75. The van der Waals surface area contributed by atoms with Crippen molar-refractivity contribution >= 4 is 11.6 Å². The van der Waals surface area contributed by atoms with E-state index < -0.39 is 0 Å². The molecule has 1 aromatic heterocycles. The molecule has 0 saturated carbocycles. The smallest absolute Gasteiger partial charge is 0.238 e. The highest BCUT2D eigenvalue weighted by Gasteiger charge is 2.03. The molecule has 0 radical (unpaired) electrons. The van der Waals surface area contributed by atoms with Gasteiger partial charge in [0.05, 0.1) is 18.3 Å². The summed E-state index contributed by atoms with van der Waals surface area (Å²) < 4.78 is 5.56. The minimum absolute atomic E-state index is 0.0894. The van der Waals surface area contributed by atoms with Crippen LogP contribution in [0.1, 0.15) is 19.5 Å². The molecular weight excluding hydrogens is 278 g/mol. The van der Waals surface area contributed by atoms with Crippen molar-refractivity contribution in [3.63, 3.8) is 0 Å². The first-order valence-electron chi connectivity index (χ1n) is 7.30. The van der Waals surface area contributed by atoms with Gasteiger partial charge in [-0.25, -0.2) is 0 Å². The number of nitrogens with one attached hydrogen (secondary N) is 2. The van der Waals surface area contributed by atoms with E-state index in [1.54, 1.807) is 6.20 Å². The molecule has 0 aliphatic heterocycles. The van der Waals surface area contributed by atoms with E-state index in [1.165, 1.54) is 0 Å². The summed E-state index contributed by atoms with van der Waals surface area (Å²) in [5.41, 5.74) is 1.66. The molecule has 5 nitrogen and oxygen atoms in total. The van der Waals surface area contributed by atoms with Crippen molar-refractivity contribution in [3.8, 4) is 5.75 Å². The van der Waals surface area contributed by atoms with E-state index in [0.717, 1.165) is 17.1 Å². The number of nitrogens with zero attached hydrogens (tertiary/aromatic N) is 1. The molecule has 1 heterocycles. The molecule has 1 aromatic carbocycles. The van der Waals surface area contributed by atoms with Crippen LogP contribution in [0.4, 0.5) is 5.69 Å². The van der Waals surface area contributed by atoms with Gasteiger partial charge in [-0.3, -0.25) is 9.78 Å². The molecule has 0 unspecified atom stereocenters. The number of hydrogen-bond donors (Lipinski definition) is 2. The average molecular weight is 299 g/mol. The van der Waals surface area contributed by atoms with Crippen LogP contribution in [0.15, 0.2) is 48.7 Å². The number of carbonyl (C=O) groups is 1. The number of amides is 1. The fraction of sp³-hybridized carbons (Fsp3) is 0.294. The third-order valence-corrected chi connectivity index (χ3v) is 2.83. The van der Waals surface area contributed by atoms with Crippen molar-refractivity contribution < 1.29 is 9.53 Å². The van der Waals surface area contributed by atoms with Gasteiger partial charge in [0.1, 0.15) is 5.75 Å². The summed E-state index contributed by atoms with van der Waals surface area (Å²) in [5.74, 6) is 0.703. The molecule has 5 heteroatoms. The van der Waals surface area contributed by atoms with E-state index in [2.05, 4.69) is 15.6 Å². The number of carbonyl (C=O) groups excluding carboxylic acids is 1. The van der Waals surface area contributed by atoms with Crippen molar-refractivity contribution in [2.24, 2.45) is 0 Å². The number of aromatic nitrogens is 1. The van der Waals surface area contributed by atoms with Gasteiger partial charge in [-0.15, -0.1) is 0 Å². The van der Waals surface area contributed by atoms with E-state index in [-0.39, 0.29) is 18.6 Å². The molecule has 0 atom stereocenters. The molecule has 2 rings (SSSR count). The highest BCUT2D eigenvalue weighted by molar-refractivity contribution is 5.92. The Balaban J connectivity index is 1.74. The van der Waals surface area contributed by atoms with Crippen molar-refractivity contribution in [2.45, 2.75) is 26.5 Å². The predicted molar refractivity (Wildman–Crippen MR) is 86.8 cm³/mol. The molecule has 0 aliphatic rings. The van der Waals surface area contributed by atoms with Gasteiger partial charge in [-0.1, -0.05) is 6.07 Å². The van der Waals surface area contributed by atoms with E-state index in [1.807, 2.05) is 56.3 Å². The van der Waals surface area contributed by atoms with Crippen molar-refractivity contribution in [1.82, 2.24) is 10.3 Å². The summed E-state index contributed by atoms with van der Waals surface area (Å²) in [7, 11) is 0. The molecule has 0 aliphatic carbocycles. The zero-order valence-electron chi connectivity index (χ0n) is 12.9. The third-order valence-electron chi connectivity index (χ3n) is 2.83. The van der Waals surface area contributed by atoms with Gasteiger partial charge >= 0.3 is 0 Å². The largest absolute Gasteiger partial charge is 0.491 e. The number of pyridine rings is 1. The second-order valence-electron chi connectivity index (χ2n) is 5.16. The van der Waals surface area contributed by atoms with Crippen LogP contribution in [0.3, 0.4) is 0 Å². The summed E-state index contributed by atoms with van der Waals surface area (Å²) >= 11 is 0. The normalized spacial score (nSPS) is 10.5. The van der Waals surface area contributed by atoms with Crippen LogP contribution in [0.2, 0.25) is 0 Å². The minimum Gasteiger partial charge on any atom is -0.491 e. The second kappa shape index (κ2) is 8.14. The number of hydrogen-bond acceptors (Lipinski definition) is 4. The highest BCUT2D eigenvalue weighted by Crippen LogP contribution is 2.16. The standard InChI is InChI=1S/C17H21N3O2/c1-13(2)22-16-8-6-14(7-9-16)20-17(21)12-18-11-15-5-3-4-10-19-15/h3-10,13,18H,11-12H2,1-2H3,(H,20,21). The number of rotatable bonds is 7. The maximum absolute atomic E-state index is 11.8. The fourth-order valence-electron chi connectivity index (χ4n) is 1.90. The van der Waals surface area contributed by atoms with Gasteiger partial charge < -0.3 is 15.4 Å². The van der Waals surface area contributed by atoms with Crippen LogP contribution >= 0.6 is 0 Å². The van der Waals surface area contributed by atoms with Crippen LogP contribution < -0.4 is 15.4 Å². The van der Waals surface area contributed by atoms with E-state index >= 15 is 0 Å². The monoisotopic (exact) mass is 299 g/mol. The number of ether oxygens (including phenoxy) is 1. The molecule has 0 bridgehead atoms. The van der Waals surface area contributed by atoms with E-state index in [9.17, 15) is 4.79 Å². The van der Waals surface area contributed by atoms with Crippen LogP contribution in [0, 0.1) is 0 Å². The molecule has 2 aromatic rings. The maximum Gasteiger partial charge on any atom is 0.238 e. The van der Waals surface area contributed by atoms with Gasteiger partial charge in [0, 0.05) is 18.4 Å². The minimum atomic E-state index is -0.0894. The summed E-state index contributed by atoms with van der Waals surface area (Å²) in [4.78, 5) is 16.0. The number of benzene rings is 1. The lowest BCUT2D eigenvalue weighted by Crippen LogP contribution is -2.27. The second-order valence-corrected chi connectivity index (χ2v) is 5.16. The van der Waals surface area contributed by atoms with Gasteiger partial charge in [-0.2, -0.15) is 0 Å². The lowest BCUT2D eigenvalue weighted by molar-refractivity contribution is -0.115. The Bertz CT molecular complexity index is 583. The van der Waals surface area contributed by atoms with Gasteiger partial charge in [0.2, 0.25) is 5.91 Å². The van der Waals surface area contributed by atoms with Gasteiger partial charge in [-0.05, 0) is 50.2 Å². The van der Waals surface area contributed by atoms with Crippen LogP contribution in [-0.4, -0.2) is 23.5 Å². The topological polar surface area (TPSA) is 63.2 Å². The quantitative estimate of drug-likeness (QED) is 0.825. The average Bonchev–Trinajstić information content (AvgIpc) is 2.50. The highest BCUT2D eigenvalue weighted by atomic mass is 16.5. The summed E-state index contributed by atoms with van der Waals surface area (Å²) in [6.07, 6.45) is 1.87. The molecule has 22 heavy (non-hydrogen) atoms. The van der Waals surface area contributed by atoms with Crippen LogP contribution in [0.25, 0.3) is 0 Å². The Morgan fingerprint density at radius 1 is 1.18 bits per heavy atom. The molecule has 0 spiro atoms. The third kappa shape index (κ3) is 5.54. The lowest BCUT2D eigenvalue weighted by atomic mass is 10.3.